The molecular weight excluding hydrogens is 207 g/mol. The molecule has 1 aliphatic rings. The van der Waals surface area contributed by atoms with Crippen molar-refractivity contribution < 1.29 is 17.9 Å². The molecule has 1 saturated carbocycles. The standard InChI is InChI=1S/C10H18F3NO/c11-10(12,13)7-15-5-1-2-8-3-4-9(14)6-8/h8-9H,1-7,14H2. The number of halogens is 3. The van der Waals surface area contributed by atoms with Crippen LogP contribution < -0.4 is 5.73 Å². The molecule has 5 heteroatoms. The fraction of sp³-hybridized carbons (Fsp3) is 1.00. The van der Waals surface area contributed by atoms with Crippen molar-refractivity contribution >= 4 is 0 Å². The van der Waals surface area contributed by atoms with Gasteiger partial charge < -0.3 is 10.5 Å². The minimum absolute atomic E-state index is 0.200. The lowest BCUT2D eigenvalue weighted by Gasteiger charge is -2.10. The molecule has 0 aromatic rings. The Hall–Kier alpha value is -0.290. The van der Waals surface area contributed by atoms with Crippen LogP contribution >= 0.6 is 0 Å². The predicted molar refractivity (Wildman–Crippen MR) is 51.4 cm³/mol. The molecule has 0 radical (unpaired) electrons. The van der Waals surface area contributed by atoms with Gasteiger partial charge in [-0.3, -0.25) is 0 Å². The van der Waals surface area contributed by atoms with E-state index in [1.165, 1.54) is 0 Å². The van der Waals surface area contributed by atoms with Crippen LogP contribution in [-0.4, -0.2) is 25.4 Å². The first kappa shape index (κ1) is 12.8. The van der Waals surface area contributed by atoms with Gasteiger partial charge in [-0.25, -0.2) is 0 Å². The molecule has 0 aromatic carbocycles. The molecule has 0 heterocycles. The molecule has 0 spiro atoms. The van der Waals surface area contributed by atoms with Gasteiger partial charge in [0.2, 0.25) is 0 Å². The second kappa shape index (κ2) is 5.70. The fourth-order valence-electron chi connectivity index (χ4n) is 2.04. The molecule has 2 N–H and O–H groups in total. The summed E-state index contributed by atoms with van der Waals surface area (Å²) in [4.78, 5) is 0. The molecule has 0 saturated heterocycles. The summed E-state index contributed by atoms with van der Waals surface area (Å²) in [6.45, 7) is -0.928. The maximum absolute atomic E-state index is 11.7. The Balaban J connectivity index is 1.93. The Morgan fingerprint density at radius 2 is 2.00 bits per heavy atom. The average Bonchev–Trinajstić information content (AvgIpc) is 2.49. The van der Waals surface area contributed by atoms with Crippen LogP contribution in [0.4, 0.5) is 13.2 Å². The zero-order valence-electron chi connectivity index (χ0n) is 8.72. The minimum Gasteiger partial charge on any atom is -0.372 e. The number of hydrogen-bond acceptors (Lipinski definition) is 2. The van der Waals surface area contributed by atoms with Crippen LogP contribution in [0.1, 0.15) is 32.1 Å². The zero-order chi connectivity index (χ0) is 11.3. The zero-order valence-corrected chi connectivity index (χ0v) is 8.72. The van der Waals surface area contributed by atoms with E-state index in [-0.39, 0.29) is 6.61 Å². The van der Waals surface area contributed by atoms with Gasteiger partial charge in [-0.15, -0.1) is 0 Å². The van der Waals surface area contributed by atoms with Crippen molar-refractivity contribution in [3.63, 3.8) is 0 Å². The molecule has 15 heavy (non-hydrogen) atoms. The van der Waals surface area contributed by atoms with Gasteiger partial charge in [-0.05, 0) is 38.0 Å². The van der Waals surface area contributed by atoms with Crippen molar-refractivity contribution in [3.8, 4) is 0 Å². The molecule has 0 aliphatic heterocycles. The Morgan fingerprint density at radius 1 is 1.27 bits per heavy atom. The van der Waals surface area contributed by atoms with E-state index < -0.39 is 12.8 Å². The first-order valence-corrected chi connectivity index (χ1v) is 5.37. The van der Waals surface area contributed by atoms with Gasteiger partial charge in [0.1, 0.15) is 6.61 Å². The first-order valence-electron chi connectivity index (χ1n) is 5.37. The first-order chi connectivity index (χ1) is 6.97. The van der Waals surface area contributed by atoms with Gasteiger partial charge in [0.05, 0.1) is 0 Å². The van der Waals surface area contributed by atoms with Crippen molar-refractivity contribution in [2.45, 2.75) is 44.3 Å². The summed E-state index contributed by atoms with van der Waals surface area (Å²) in [5.74, 6) is 0.592. The summed E-state index contributed by atoms with van der Waals surface area (Å²) in [7, 11) is 0. The average molecular weight is 225 g/mol. The fourth-order valence-corrected chi connectivity index (χ4v) is 2.04. The molecule has 0 amide bonds. The second-order valence-electron chi connectivity index (χ2n) is 4.25. The van der Waals surface area contributed by atoms with E-state index >= 15 is 0 Å². The molecule has 1 rings (SSSR count). The van der Waals surface area contributed by atoms with E-state index in [1.807, 2.05) is 0 Å². The van der Waals surface area contributed by atoms with Crippen molar-refractivity contribution in [1.82, 2.24) is 0 Å². The molecule has 1 fully saturated rings. The van der Waals surface area contributed by atoms with E-state index in [9.17, 15) is 13.2 Å². The number of rotatable bonds is 5. The number of ether oxygens (including phenoxy) is 1. The molecule has 2 unspecified atom stereocenters. The predicted octanol–water partition coefficient (Wildman–Crippen LogP) is 2.47. The number of nitrogens with two attached hydrogens (primary N) is 1. The Labute approximate surface area is 88.0 Å². The van der Waals surface area contributed by atoms with E-state index in [1.54, 1.807) is 0 Å². The number of hydrogen-bond donors (Lipinski definition) is 1. The molecule has 1 aliphatic carbocycles. The largest absolute Gasteiger partial charge is 0.411 e. The molecule has 2 atom stereocenters. The monoisotopic (exact) mass is 225 g/mol. The number of alkyl halides is 3. The lowest BCUT2D eigenvalue weighted by Crippen LogP contribution is -2.17. The Morgan fingerprint density at radius 3 is 2.53 bits per heavy atom. The van der Waals surface area contributed by atoms with Crippen molar-refractivity contribution in [2.75, 3.05) is 13.2 Å². The van der Waals surface area contributed by atoms with E-state index in [0.717, 1.165) is 25.7 Å². The molecule has 2 nitrogen and oxygen atoms in total. The highest BCUT2D eigenvalue weighted by Gasteiger charge is 2.27. The third-order valence-electron chi connectivity index (χ3n) is 2.75. The summed E-state index contributed by atoms with van der Waals surface area (Å²) in [6, 6.07) is 0.297. The smallest absolute Gasteiger partial charge is 0.372 e. The van der Waals surface area contributed by atoms with Crippen LogP contribution in [0.3, 0.4) is 0 Å². The molecular formula is C10H18F3NO. The highest BCUT2D eigenvalue weighted by Crippen LogP contribution is 2.27. The SMILES string of the molecule is NC1CCC(CCCOCC(F)(F)F)C1. The highest BCUT2D eigenvalue weighted by atomic mass is 19.4. The van der Waals surface area contributed by atoms with Gasteiger partial charge in [0.15, 0.2) is 0 Å². The van der Waals surface area contributed by atoms with Crippen LogP contribution in [0.25, 0.3) is 0 Å². The van der Waals surface area contributed by atoms with Gasteiger partial charge in [-0.1, -0.05) is 0 Å². The van der Waals surface area contributed by atoms with E-state index in [4.69, 9.17) is 5.73 Å². The van der Waals surface area contributed by atoms with Crippen LogP contribution in [0, 0.1) is 5.92 Å². The lowest BCUT2D eigenvalue weighted by molar-refractivity contribution is -0.174. The summed E-state index contributed by atoms with van der Waals surface area (Å²) < 4.78 is 39.6. The Bertz CT molecular complexity index is 184. The maximum Gasteiger partial charge on any atom is 0.411 e. The Kier molecular flexibility index (Phi) is 4.86. The lowest BCUT2D eigenvalue weighted by atomic mass is 10.0. The normalized spacial score (nSPS) is 27.2. The second-order valence-corrected chi connectivity index (χ2v) is 4.25. The minimum atomic E-state index is -4.20. The summed E-state index contributed by atoms with van der Waals surface area (Å²) in [6.07, 6.45) is 0.614. The quantitative estimate of drug-likeness (QED) is 0.729. The van der Waals surface area contributed by atoms with Crippen molar-refractivity contribution in [1.29, 1.82) is 0 Å². The summed E-state index contributed by atoms with van der Waals surface area (Å²) in [5.41, 5.74) is 5.73. The third kappa shape index (κ3) is 5.99. The topological polar surface area (TPSA) is 35.2 Å². The summed E-state index contributed by atoms with van der Waals surface area (Å²) in [5, 5.41) is 0. The molecule has 0 aromatic heterocycles. The van der Waals surface area contributed by atoms with Crippen molar-refractivity contribution in [2.24, 2.45) is 11.7 Å². The van der Waals surface area contributed by atoms with Crippen LogP contribution in [-0.2, 0) is 4.74 Å². The van der Waals surface area contributed by atoms with Crippen molar-refractivity contribution in [3.05, 3.63) is 0 Å². The van der Waals surface area contributed by atoms with Crippen LogP contribution in [0.5, 0.6) is 0 Å². The van der Waals surface area contributed by atoms with Gasteiger partial charge in [-0.2, -0.15) is 13.2 Å². The third-order valence-corrected chi connectivity index (χ3v) is 2.75. The van der Waals surface area contributed by atoms with E-state index in [2.05, 4.69) is 4.74 Å². The maximum atomic E-state index is 11.7. The van der Waals surface area contributed by atoms with Crippen LogP contribution in [0.15, 0.2) is 0 Å². The van der Waals surface area contributed by atoms with Crippen LogP contribution in [0.2, 0.25) is 0 Å². The van der Waals surface area contributed by atoms with Gasteiger partial charge in [0, 0.05) is 12.6 Å². The molecule has 0 bridgehead atoms. The summed E-state index contributed by atoms with van der Waals surface area (Å²) >= 11 is 0. The molecule has 90 valence electrons. The highest BCUT2D eigenvalue weighted by molar-refractivity contribution is 4.77. The van der Waals surface area contributed by atoms with Gasteiger partial charge >= 0.3 is 6.18 Å². The van der Waals surface area contributed by atoms with E-state index in [0.29, 0.717) is 18.4 Å². The van der Waals surface area contributed by atoms with Gasteiger partial charge in [0.25, 0.3) is 0 Å².